The van der Waals surface area contributed by atoms with E-state index in [1.807, 2.05) is 24.3 Å². The van der Waals surface area contributed by atoms with Gasteiger partial charge in [0.1, 0.15) is 5.82 Å². The lowest BCUT2D eigenvalue weighted by Crippen LogP contribution is -2.22. The van der Waals surface area contributed by atoms with Crippen molar-refractivity contribution >= 4 is 27.7 Å². The highest BCUT2D eigenvalue weighted by atomic mass is 79.9. The number of alkyl halides is 3. The molecule has 0 amide bonds. The molecule has 0 saturated carbocycles. The van der Waals surface area contributed by atoms with E-state index >= 15 is 0 Å². The van der Waals surface area contributed by atoms with Crippen LogP contribution in [0.2, 0.25) is 0 Å². The molecule has 0 radical (unpaired) electrons. The third-order valence-electron chi connectivity index (χ3n) is 3.08. The van der Waals surface area contributed by atoms with Crippen LogP contribution in [-0.4, -0.2) is 27.7 Å². The zero-order chi connectivity index (χ0) is 17.7. The minimum atomic E-state index is -4.59. The molecule has 1 aromatic carbocycles. The normalized spacial score (nSPS) is 12.8. The average molecular weight is 405 g/mol. The number of rotatable bonds is 6. The van der Waals surface area contributed by atoms with Gasteiger partial charge in [0.15, 0.2) is 5.69 Å². The van der Waals surface area contributed by atoms with Gasteiger partial charge < -0.3 is 15.7 Å². The first-order valence-corrected chi connectivity index (χ1v) is 7.90. The van der Waals surface area contributed by atoms with E-state index in [2.05, 4.69) is 36.5 Å². The van der Waals surface area contributed by atoms with E-state index in [9.17, 15) is 13.2 Å². The Balaban J connectivity index is 2.24. The van der Waals surface area contributed by atoms with E-state index in [4.69, 9.17) is 5.11 Å². The highest BCUT2D eigenvalue weighted by Gasteiger charge is 2.33. The highest BCUT2D eigenvalue weighted by Crippen LogP contribution is 2.30. The number of hydrogen-bond donors (Lipinski definition) is 3. The van der Waals surface area contributed by atoms with Crippen molar-refractivity contribution in [3.05, 3.63) is 46.1 Å². The van der Waals surface area contributed by atoms with Gasteiger partial charge in [-0.25, -0.2) is 4.98 Å². The molecule has 9 heteroatoms. The number of benzene rings is 1. The third kappa shape index (κ3) is 5.07. The van der Waals surface area contributed by atoms with Crippen LogP contribution in [-0.2, 0) is 12.7 Å². The Bertz CT molecular complexity index is 697. The van der Waals surface area contributed by atoms with Crippen LogP contribution >= 0.6 is 15.9 Å². The molecular formula is C15H16BrF3N4O. The molecule has 0 bridgehead atoms. The van der Waals surface area contributed by atoms with Crippen molar-refractivity contribution in [3.63, 3.8) is 0 Å². The van der Waals surface area contributed by atoms with Gasteiger partial charge in [0.05, 0.1) is 6.61 Å². The van der Waals surface area contributed by atoms with E-state index < -0.39 is 17.9 Å². The molecule has 0 aliphatic heterocycles. The van der Waals surface area contributed by atoms with Crippen LogP contribution in [0.5, 0.6) is 0 Å². The predicted octanol–water partition coefficient (Wildman–Crippen LogP) is 3.66. The second-order valence-corrected chi connectivity index (χ2v) is 5.99. The maximum absolute atomic E-state index is 13.0. The van der Waals surface area contributed by atoms with Crippen LogP contribution in [0.3, 0.4) is 0 Å². The molecule has 2 rings (SSSR count). The van der Waals surface area contributed by atoms with E-state index in [0.717, 1.165) is 16.1 Å². The summed E-state index contributed by atoms with van der Waals surface area (Å²) in [5.74, 6) is -0.151. The molecule has 3 N–H and O–H groups in total. The molecule has 1 heterocycles. The van der Waals surface area contributed by atoms with Gasteiger partial charge in [-0.3, -0.25) is 0 Å². The summed E-state index contributed by atoms with van der Waals surface area (Å²) < 4.78 is 39.8. The SMILES string of the molecule is C[C@H](CO)Nc1nc(NCc2ccccc2Br)cc(C(F)(F)F)n1. The first-order valence-electron chi connectivity index (χ1n) is 7.10. The summed E-state index contributed by atoms with van der Waals surface area (Å²) in [5.41, 5.74) is -0.178. The summed E-state index contributed by atoms with van der Waals surface area (Å²) >= 11 is 3.38. The van der Waals surface area contributed by atoms with Gasteiger partial charge in [-0.05, 0) is 18.6 Å². The summed E-state index contributed by atoms with van der Waals surface area (Å²) in [6.45, 7) is 1.65. The van der Waals surface area contributed by atoms with Crippen LogP contribution in [0.15, 0.2) is 34.8 Å². The summed E-state index contributed by atoms with van der Waals surface area (Å²) in [7, 11) is 0. The molecule has 0 aliphatic carbocycles. The molecule has 0 aliphatic rings. The Morgan fingerprint density at radius 2 is 1.96 bits per heavy atom. The number of nitrogens with zero attached hydrogens (tertiary/aromatic N) is 2. The number of nitrogens with one attached hydrogen (secondary N) is 2. The number of aliphatic hydroxyl groups is 1. The van der Waals surface area contributed by atoms with Gasteiger partial charge in [-0.15, -0.1) is 0 Å². The summed E-state index contributed by atoms with van der Waals surface area (Å²) in [5, 5.41) is 14.5. The Hall–Kier alpha value is -1.87. The molecule has 0 fully saturated rings. The van der Waals surface area contributed by atoms with Gasteiger partial charge >= 0.3 is 6.18 Å². The summed E-state index contributed by atoms with van der Waals surface area (Å²) in [6, 6.07) is 7.75. The monoisotopic (exact) mass is 404 g/mol. The Morgan fingerprint density at radius 1 is 1.25 bits per heavy atom. The van der Waals surface area contributed by atoms with Crippen molar-refractivity contribution in [1.82, 2.24) is 9.97 Å². The van der Waals surface area contributed by atoms with Crippen molar-refractivity contribution in [2.24, 2.45) is 0 Å². The third-order valence-corrected chi connectivity index (χ3v) is 3.86. The quantitative estimate of drug-likeness (QED) is 0.685. The van der Waals surface area contributed by atoms with Crippen molar-refractivity contribution in [2.75, 3.05) is 17.2 Å². The topological polar surface area (TPSA) is 70.1 Å². The van der Waals surface area contributed by atoms with Gasteiger partial charge in [-0.1, -0.05) is 34.1 Å². The number of halogens is 4. The standard InChI is InChI=1S/C15H16BrF3N4O/c1-9(8-24)21-14-22-12(15(17,18)19)6-13(23-14)20-7-10-4-2-3-5-11(10)16/h2-6,9,24H,7-8H2,1H3,(H2,20,21,22,23)/t9-/m1/s1. The largest absolute Gasteiger partial charge is 0.433 e. The van der Waals surface area contributed by atoms with Crippen LogP contribution in [0.1, 0.15) is 18.2 Å². The fourth-order valence-electron chi connectivity index (χ4n) is 1.84. The van der Waals surface area contributed by atoms with Crippen molar-refractivity contribution in [3.8, 4) is 0 Å². The van der Waals surface area contributed by atoms with Gasteiger partial charge in [0.2, 0.25) is 5.95 Å². The molecule has 0 spiro atoms. The predicted molar refractivity (Wildman–Crippen MR) is 88.7 cm³/mol. The molecule has 1 aromatic heterocycles. The highest BCUT2D eigenvalue weighted by molar-refractivity contribution is 9.10. The lowest BCUT2D eigenvalue weighted by Gasteiger charge is -2.15. The van der Waals surface area contributed by atoms with Crippen LogP contribution in [0.4, 0.5) is 24.9 Å². The maximum atomic E-state index is 13.0. The zero-order valence-corrected chi connectivity index (χ0v) is 14.3. The Labute approximate surface area is 145 Å². The van der Waals surface area contributed by atoms with Crippen molar-refractivity contribution in [1.29, 1.82) is 0 Å². The molecule has 130 valence electrons. The molecular weight excluding hydrogens is 389 g/mol. The minimum Gasteiger partial charge on any atom is -0.394 e. The lowest BCUT2D eigenvalue weighted by molar-refractivity contribution is -0.141. The number of aromatic nitrogens is 2. The second-order valence-electron chi connectivity index (χ2n) is 5.13. The Kier molecular flexibility index (Phi) is 6.00. The van der Waals surface area contributed by atoms with E-state index in [1.165, 1.54) is 0 Å². The molecule has 0 unspecified atom stereocenters. The summed E-state index contributed by atoms with van der Waals surface area (Å²) in [4.78, 5) is 7.48. The minimum absolute atomic E-state index is 0.0423. The zero-order valence-electron chi connectivity index (χ0n) is 12.7. The van der Waals surface area contributed by atoms with Crippen LogP contribution in [0.25, 0.3) is 0 Å². The maximum Gasteiger partial charge on any atom is 0.433 e. The Morgan fingerprint density at radius 3 is 2.58 bits per heavy atom. The molecule has 1 atom stereocenters. The molecule has 2 aromatic rings. The van der Waals surface area contributed by atoms with Gasteiger partial charge in [0, 0.05) is 23.1 Å². The lowest BCUT2D eigenvalue weighted by atomic mass is 10.2. The fraction of sp³-hybridized carbons (Fsp3) is 0.333. The van der Waals surface area contributed by atoms with Crippen molar-refractivity contribution in [2.45, 2.75) is 25.7 Å². The van der Waals surface area contributed by atoms with Gasteiger partial charge in [-0.2, -0.15) is 18.2 Å². The first kappa shape index (κ1) is 18.5. The number of hydrogen-bond acceptors (Lipinski definition) is 5. The number of aliphatic hydroxyl groups excluding tert-OH is 1. The van der Waals surface area contributed by atoms with Crippen molar-refractivity contribution < 1.29 is 18.3 Å². The van der Waals surface area contributed by atoms with E-state index in [-0.39, 0.29) is 18.4 Å². The molecule has 24 heavy (non-hydrogen) atoms. The van der Waals surface area contributed by atoms with Crippen LogP contribution in [0, 0.1) is 0 Å². The second kappa shape index (κ2) is 7.80. The smallest absolute Gasteiger partial charge is 0.394 e. The molecule has 5 nitrogen and oxygen atoms in total. The molecule has 0 saturated heterocycles. The number of anilines is 2. The van der Waals surface area contributed by atoms with Gasteiger partial charge in [0.25, 0.3) is 0 Å². The first-order chi connectivity index (χ1) is 11.3. The average Bonchev–Trinajstić information content (AvgIpc) is 2.53. The summed E-state index contributed by atoms with van der Waals surface area (Å²) in [6.07, 6.45) is -4.59. The van der Waals surface area contributed by atoms with E-state index in [1.54, 1.807) is 6.92 Å². The fourth-order valence-corrected chi connectivity index (χ4v) is 2.27. The van der Waals surface area contributed by atoms with Crippen LogP contribution < -0.4 is 10.6 Å². The van der Waals surface area contributed by atoms with E-state index in [0.29, 0.717) is 6.54 Å².